The summed E-state index contributed by atoms with van der Waals surface area (Å²) in [5.41, 5.74) is 1.83. The van der Waals surface area contributed by atoms with Crippen molar-refractivity contribution in [3.63, 3.8) is 0 Å². The summed E-state index contributed by atoms with van der Waals surface area (Å²) in [7, 11) is 0. The van der Waals surface area contributed by atoms with E-state index in [1.807, 2.05) is 88.0 Å². The molecule has 0 fully saturated rings. The second-order valence-electron chi connectivity index (χ2n) is 7.17. The number of hydrogen-bond donors (Lipinski definition) is 1. The third-order valence-corrected chi connectivity index (χ3v) is 4.53. The quantitative estimate of drug-likeness (QED) is 0.884. The minimum Gasteiger partial charge on any atom is -0.491 e. The number of benzene rings is 2. The minimum atomic E-state index is -0.689. The summed E-state index contributed by atoms with van der Waals surface area (Å²) in [6.45, 7) is 10.1. The molecule has 0 radical (unpaired) electrons. The first kappa shape index (κ1) is 17.3. The number of fused-ring (bicyclic) bond motifs is 1. The number of nitrogens with one attached hydrogen (secondary N) is 1. The van der Waals surface area contributed by atoms with E-state index in [9.17, 15) is 4.79 Å². The van der Waals surface area contributed by atoms with Crippen LogP contribution in [0.25, 0.3) is 0 Å². The number of para-hydroxylation sites is 2. The molecule has 132 valence electrons. The van der Waals surface area contributed by atoms with Crippen LogP contribution in [-0.2, 0) is 5.66 Å². The summed E-state index contributed by atoms with van der Waals surface area (Å²) in [4.78, 5) is 15.1. The fourth-order valence-electron chi connectivity index (χ4n) is 3.61. The van der Waals surface area contributed by atoms with Crippen LogP contribution in [0.2, 0.25) is 0 Å². The fourth-order valence-corrected chi connectivity index (χ4v) is 3.61. The molecule has 0 saturated heterocycles. The monoisotopic (exact) mass is 338 g/mol. The molecule has 25 heavy (non-hydrogen) atoms. The Morgan fingerprint density at radius 1 is 1.00 bits per heavy atom. The van der Waals surface area contributed by atoms with Crippen LogP contribution < -0.4 is 10.1 Å². The van der Waals surface area contributed by atoms with Gasteiger partial charge >= 0.3 is 0 Å². The molecule has 4 nitrogen and oxygen atoms in total. The number of carbonyl (C=O) groups excluding carboxylic acids is 1. The molecule has 2 aromatic rings. The summed E-state index contributed by atoms with van der Waals surface area (Å²) < 4.78 is 6.04. The van der Waals surface area contributed by atoms with Crippen molar-refractivity contribution in [1.82, 2.24) is 4.90 Å². The number of carbonyl (C=O) groups is 1. The predicted molar refractivity (Wildman–Crippen MR) is 101 cm³/mol. The first-order valence-corrected chi connectivity index (χ1v) is 8.81. The number of nitrogens with zero attached hydrogens (tertiary/aromatic N) is 1. The van der Waals surface area contributed by atoms with Crippen molar-refractivity contribution < 1.29 is 9.53 Å². The van der Waals surface area contributed by atoms with Gasteiger partial charge in [-0.05, 0) is 52.8 Å². The maximum Gasteiger partial charge on any atom is 0.258 e. The Labute approximate surface area is 149 Å². The van der Waals surface area contributed by atoms with Gasteiger partial charge < -0.3 is 15.0 Å². The number of ether oxygens (including phenoxy) is 1. The lowest BCUT2D eigenvalue weighted by Gasteiger charge is -2.49. The Hall–Kier alpha value is -2.49. The second-order valence-corrected chi connectivity index (χ2v) is 7.17. The zero-order chi connectivity index (χ0) is 18.2. The zero-order valence-electron chi connectivity index (χ0n) is 15.5. The van der Waals surface area contributed by atoms with E-state index >= 15 is 0 Å². The highest BCUT2D eigenvalue weighted by atomic mass is 16.5. The van der Waals surface area contributed by atoms with Crippen molar-refractivity contribution in [3.8, 4) is 5.75 Å². The van der Waals surface area contributed by atoms with Gasteiger partial charge in [0, 0.05) is 17.3 Å². The molecule has 1 atom stereocenters. The van der Waals surface area contributed by atoms with Gasteiger partial charge in [-0.3, -0.25) is 4.79 Å². The molecule has 1 aliphatic rings. The van der Waals surface area contributed by atoms with Crippen molar-refractivity contribution >= 4 is 11.6 Å². The van der Waals surface area contributed by atoms with Crippen molar-refractivity contribution in [2.24, 2.45) is 0 Å². The summed E-state index contributed by atoms with van der Waals surface area (Å²) >= 11 is 0. The van der Waals surface area contributed by atoms with Gasteiger partial charge in [0.15, 0.2) is 0 Å². The fraction of sp³-hybridized carbons (Fsp3) is 0.381. The number of amides is 1. The zero-order valence-corrected chi connectivity index (χ0v) is 15.5. The Balaban J connectivity index is 2.18. The molecule has 0 bridgehead atoms. The average molecular weight is 338 g/mol. The van der Waals surface area contributed by atoms with Crippen LogP contribution >= 0.6 is 0 Å². The van der Waals surface area contributed by atoms with Gasteiger partial charge in [-0.15, -0.1) is 0 Å². The standard InChI is InChI=1S/C21H26N2O2/c1-14(2)23-20(24)16-10-6-8-12-18(16)22-21(23,5)17-11-7-9-13-19(17)25-15(3)4/h6-15,22H,1-5H3. The van der Waals surface area contributed by atoms with Crippen LogP contribution in [-0.4, -0.2) is 23.0 Å². The topological polar surface area (TPSA) is 41.6 Å². The Morgan fingerprint density at radius 3 is 2.32 bits per heavy atom. The molecule has 2 aromatic carbocycles. The summed E-state index contributed by atoms with van der Waals surface area (Å²) in [5, 5.41) is 3.59. The van der Waals surface area contributed by atoms with Gasteiger partial charge in [0.1, 0.15) is 11.4 Å². The van der Waals surface area contributed by atoms with Gasteiger partial charge in [-0.2, -0.15) is 0 Å². The molecule has 1 amide bonds. The SMILES string of the molecule is CC(C)Oc1ccccc1C1(C)Nc2ccccc2C(=O)N1C(C)C. The van der Waals surface area contributed by atoms with E-state index in [4.69, 9.17) is 4.74 Å². The molecule has 1 unspecified atom stereocenters. The normalized spacial score (nSPS) is 19.8. The largest absolute Gasteiger partial charge is 0.491 e. The lowest BCUT2D eigenvalue weighted by molar-refractivity contribution is 0.0424. The van der Waals surface area contributed by atoms with E-state index in [0.29, 0.717) is 5.56 Å². The maximum absolute atomic E-state index is 13.2. The Kier molecular flexibility index (Phi) is 4.46. The van der Waals surface area contributed by atoms with Gasteiger partial charge in [0.2, 0.25) is 0 Å². The third kappa shape index (κ3) is 2.97. The molecule has 3 rings (SSSR count). The van der Waals surface area contributed by atoms with E-state index in [1.165, 1.54) is 0 Å². The first-order chi connectivity index (χ1) is 11.8. The molecule has 1 aliphatic heterocycles. The predicted octanol–water partition coefficient (Wildman–Crippen LogP) is 4.62. The second kappa shape index (κ2) is 6.43. The van der Waals surface area contributed by atoms with Crippen LogP contribution in [0, 0.1) is 0 Å². The van der Waals surface area contributed by atoms with E-state index < -0.39 is 5.66 Å². The lowest BCUT2D eigenvalue weighted by Crippen LogP contribution is -2.58. The van der Waals surface area contributed by atoms with Crippen LogP contribution in [0.15, 0.2) is 48.5 Å². The summed E-state index contributed by atoms with van der Waals surface area (Å²) in [6.07, 6.45) is 0.0591. The molecule has 4 heteroatoms. The molecule has 1 N–H and O–H groups in total. The van der Waals surface area contributed by atoms with Crippen LogP contribution in [0.5, 0.6) is 5.75 Å². The smallest absolute Gasteiger partial charge is 0.258 e. The van der Waals surface area contributed by atoms with Crippen molar-refractivity contribution in [3.05, 3.63) is 59.7 Å². The van der Waals surface area contributed by atoms with E-state index in [0.717, 1.165) is 17.0 Å². The third-order valence-electron chi connectivity index (χ3n) is 4.53. The summed E-state index contributed by atoms with van der Waals surface area (Å²) in [6, 6.07) is 15.6. The van der Waals surface area contributed by atoms with E-state index in [2.05, 4.69) is 5.32 Å². The van der Waals surface area contributed by atoms with Gasteiger partial charge in [0.25, 0.3) is 5.91 Å². The molecule has 0 spiro atoms. The Morgan fingerprint density at radius 2 is 1.64 bits per heavy atom. The summed E-state index contributed by atoms with van der Waals surface area (Å²) in [5.74, 6) is 0.830. The molecule has 1 heterocycles. The number of hydrogen-bond acceptors (Lipinski definition) is 3. The van der Waals surface area contributed by atoms with E-state index in [1.54, 1.807) is 0 Å². The first-order valence-electron chi connectivity index (χ1n) is 8.81. The minimum absolute atomic E-state index is 0.0328. The van der Waals surface area contributed by atoms with Crippen molar-refractivity contribution in [2.75, 3.05) is 5.32 Å². The van der Waals surface area contributed by atoms with Crippen LogP contribution in [0.1, 0.15) is 50.5 Å². The molecule has 0 aliphatic carbocycles. The van der Waals surface area contributed by atoms with Crippen molar-refractivity contribution in [2.45, 2.75) is 52.4 Å². The lowest BCUT2D eigenvalue weighted by atomic mass is 9.91. The maximum atomic E-state index is 13.2. The van der Waals surface area contributed by atoms with Gasteiger partial charge in [-0.25, -0.2) is 0 Å². The van der Waals surface area contributed by atoms with Crippen LogP contribution in [0.3, 0.4) is 0 Å². The van der Waals surface area contributed by atoms with Gasteiger partial charge in [-0.1, -0.05) is 30.3 Å². The van der Waals surface area contributed by atoms with Crippen molar-refractivity contribution in [1.29, 1.82) is 0 Å². The highest BCUT2D eigenvalue weighted by Crippen LogP contribution is 2.42. The molecule has 0 aromatic heterocycles. The number of anilines is 1. The average Bonchev–Trinajstić information content (AvgIpc) is 2.54. The Bertz CT molecular complexity index is 785. The van der Waals surface area contributed by atoms with Gasteiger partial charge in [0.05, 0.1) is 11.7 Å². The molecule has 0 saturated carbocycles. The van der Waals surface area contributed by atoms with Crippen LogP contribution in [0.4, 0.5) is 5.69 Å². The van der Waals surface area contributed by atoms with E-state index in [-0.39, 0.29) is 18.1 Å². The number of rotatable bonds is 4. The highest BCUT2D eigenvalue weighted by molar-refractivity contribution is 6.02. The highest BCUT2D eigenvalue weighted by Gasteiger charge is 2.45. The molecular formula is C21H26N2O2. The molecular weight excluding hydrogens is 312 g/mol.